The molecule has 8 nitrogen and oxygen atoms in total. The molecule has 0 unspecified atom stereocenters. The number of hydrogen-bond donors (Lipinski definition) is 1. The van der Waals surface area contributed by atoms with Crippen LogP contribution in [0.15, 0.2) is 63.8 Å². The molecule has 1 aromatic heterocycles. The highest BCUT2D eigenvalue weighted by atomic mass is 16.5. The number of aromatic hydroxyl groups is 1. The van der Waals surface area contributed by atoms with Crippen LogP contribution in [0, 0.1) is 0 Å². The minimum atomic E-state index is -0.613. The van der Waals surface area contributed by atoms with Crippen LogP contribution in [0.3, 0.4) is 0 Å². The highest BCUT2D eigenvalue weighted by molar-refractivity contribution is 5.93. The van der Waals surface area contributed by atoms with Crippen LogP contribution in [-0.4, -0.2) is 32.4 Å². The quantitative estimate of drug-likeness (QED) is 0.330. The molecule has 1 atom stereocenters. The van der Waals surface area contributed by atoms with Gasteiger partial charge in [0.1, 0.15) is 28.2 Å². The average Bonchev–Trinajstić information content (AvgIpc) is 2.87. The SMILES string of the molecule is COc1ccc([C@H]2CC(=O)Oc3cc(O)c4c(=O)cc(-c5ccccc5)oc4c32)c(OC)c1OC. The molecule has 35 heavy (non-hydrogen) atoms. The lowest BCUT2D eigenvalue weighted by Crippen LogP contribution is -2.22. The summed E-state index contributed by atoms with van der Waals surface area (Å²) in [5.74, 6) is 0.188. The molecule has 0 saturated heterocycles. The van der Waals surface area contributed by atoms with Gasteiger partial charge in [0.25, 0.3) is 0 Å². The van der Waals surface area contributed by atoms with Gasteiger partial charge in [-0.25, -0.2) is 0 Å². The van der Waals surface area contributed by atoms with Crippen LogP contribution in [0.4, 0.5) is 0 Å². The average molecular weight is 474 g/mol. The van der Waals surface area contributed by atoms with Crippen molar-refractivity contribution in [1.29, 1.82) is 0 Å². The molecule has 0 aliphatic carbocycles. The number of phenols is 1. The van der Waals surface area contributed by atoms with Crippen molar-refractivity contribution in [3.63, 3.8) is 0 Å². The number of phenolic OH excluding ortho intramolecular Hbond substituents is 1. The Morgan fingerprint density at radius 1 is 0.914 bits per heavy atom. The van der Waals surface area contributed by atoms with E-state index >= 15 is 0 Å². The zero-order chi connectivity index (χ0) is 24.7. The minimum absolute atomic E-state index is 0.00539. The number of hydrogen-bond acceptors (Lipinski definition) is 8. The number of benzene rings is 3. The summed E-state index contributed by atoms with van der Waals surface area (Å²) in [7, 11) is 4.50. The van der Waals surface area contributed by atoms with E-state index in [-0.39, 0.29) is 28.9 Å². The van der Waals surface area contributed by atoms with Crippen LogP contribution in [0.5, 0.6) is 28.7 Å². The Morgan fingerprint density at radius 2 is 1.66 bits per heavy atom. The molecule has 1 N–H and O–H groups in total. The number of fused-ring (bicyclic) bond motifs is 3. The van der Waals surface area contributed by atoms with Crippen molar-refractivity contribution in [2.75, 3.05) is 21.3 Å². The fourth-order valence-corrected chi connectivity index (χ4v) is 4.57. The summed E-state index contributed by atoms with van der Waals surface area (Å²) in [6, 6.07) is 15.2. The van der Waals surface area contributed by atoms with E-state index in [0.29, 0.717) is 39.7 Å². The molecule has 5 rings (SSSR count). The molecule has 3 aromatic carbocycles. The predicted molar refractivity (Wildman–Crippen MR) is 128 cm³/mol. The molecule has 8 heteroatoms. The van der Waals surface area contributed by atoms with Crippen molar-refractivity contribution in [3.8, 4) is 40.1 Å². The summed E-state index contributed by atoms with van der Waals surface area (Å²) in [5.41, 5.74) is 1.48. The Labute approximate surface area is 200 Å². The maximum Gasteiger partial charge on any atom is 0.312 e. The third-order valence-electron chi connectivity index (χ3n) is 6.09. The first-order valence-corrected chi connectivity index (χ1v) is 10.9. The van der Waals surface area contributed by atoms with Crippen LogP contribution in [0.1, 0.15) is 23.5 Å². The van der Waals surface area contributed by atoms with E-state index in [4.69, 9.17) is 23.4 Å². The van der Waals surface area contributed by atoms with Crippen molar-refractivity contribution in [1.82, 2.24) is 0 Å². The van der Waals surface area contributed by atoms with E-state index in [1.54, 1.807) is 12.1 Å². The standard InChI is InChI=1S/C27H22O8/c1-31-19-10-9-15(25(32-2)26(19)33-3)16-11-22(30)34-21-13-18(29)24-17(28)12-20(35-27(24)23(16)21)14-7-5-4-6-8-14/h4-10,12-13,16,29H,11H2,1-3H3/t16-/m1/s1. The fourth-order valence-electron chi connectivity index (χ4n) is 4.57. The topological polar surface area (TPSA) is 104 Å². The van der Waals surface area contributed by atoms with Crippen LogP contribution in [0.2, 0.25) is 0 Å². The second kappa shape index (κ2) is 8.72. The van der Waals surface area contributed by atoms with Crippen LogP contribution >= 0.6 is 0 Å². The predicted octanol–water partition coefficient (Wildman–Crippen LogP) is 4.63. The van der Waals surface area contributed by atoms with Crippen LogP contribution in [-0.2, 0) is 4.79 Å². The second-order valence-corrected chi connectivity index (χ2v) is 8.01. The van der Waals surface area contributed by atoms with Gasteiger partial charge in [-0.05, 0) is 6.07 Å². The van der Waals surface area contributed by atoms with Gasteiger partial charge < -0.3 is 28.5 Å². The summed E-state index contributed by atoms with van der Waals surface area (Å²) in [6.45, 7) is 0. The molecule has 0 spiro atoms. The number of carbonyl (C=O) groups is 1. The van der Waals surface area contributed by atoms with Gasteiger partial charge in [0.15, 0.2) is 16.9 Å². The molecule has 0 bridgehead atoms. The molecule has 1 aliphatic rings. The molecular formula is C27H22O8. The highest BCUT2D eigenvalue weighted by Gasteiger charge is 2.36. The zero-order valence-electron chi connectivity index (χ0n) is 19.3. The lowest BCUT2D eigenvalue weighted by Gasteiger charge is -2.28. The van der Waals surface area contributed by atoms with Crippen molar-refractivity contribution in [2.45, 2.75) is 12.3 Å². The summed E-state index contributed by atoms with van der Waals surface area (Å²) < 4.78 is 28.3. The molecule has 0 amide bonds. The van der Waals surface area contributed by atoms with Crippen molar-refractivity contribution in [3.05, 3.63) is 75.9 Å². The lowest BCUT2D eigenvalue weighted by atomic mass is 9.84. The highest BCUT2D eigenvalue weighted by Crippen LogP contribution is 2.51. The van der Waals surface area contributed by atoms with E-state index in [2.05, 4.69) is 0 Å². The first-order valence-electron chi connectivity index (χ1n) is 10.9. The van der Waals surface area contributed by atoms with E-state index in [1.807, 2.05) is 30.3 Å². The van der Waals surface area contributed by atoms with Crippen LogP contribution < -0.4 is 24.4 Å². The third kappa shape index (κ3) is 3.63. The Hall–Kier alpha value is -4.46. The normalized spacial score (nSPS) is 14.8. The zero-order valence-corrected chi connectivity index (χ0v) is 19.3. The molecule has 178 valence electrons. The van der Waals surface area contributed by atoms with E-state index in [1.165, 1.54) is 33.5 Å². The first kappa shape index (κ1) is 22.3. The maximum atomic E-state index is 13.1. The van der Waals surface area contributed by atoms with Crippen molar-refractivity contribution >= 4 is 16.9 Å². The molecule has 0 fully saturated rings. The number of carbonyl (C=O) groups excluding carboxylic acids is 1. The summed E-state index contributed by atoms with van der Waals surface area (Å²) in [4.78, 5) is 25.7. The molecule has 0 saturated carbocycles. The monoisotopic (exact) mass is 474 g/mol. The van der Waals surface area contributed by atoms with Gasteiger partial charge in [0.05, 0.1) is 27.8 Å². The van der Waals surface area contributed by atoms with Gasteiger partial charge in [-0.2, -0.15) is 0 Å². The molecular weight excluding hydrogens is 452 g/mol. The van der Waals surface area contributed by atoms with E-state index in [9.17, 15) is 14.7 Å². The first-order chi connectivity index (χ1) is 17.0. The molecule has 0 radical (unpaired) electrons. The van der Waals surface area contributed by atoms with Crippen LogP contribution in [0.25, 0.3) is 22.3 Å². The Balaban J connectivity index is 1.84. The number of ether oxygens (including phenoxy) is 4. The molecule has 1 aliphatic heterocycles. The molecule has 4 aromatic rings. The van der Waals surface area contributed by atoms with E-state index in [0.717, 1.165) is 0 Å². The van der Waals surface area contributed by atoms with Crippen molar-refractivity contribution in [2.24, 2.45) is 0 Å². The van der Waals surface area contributed by atoms with E-state index < -0.39 is 17.3 Å². The van der Waals surface area contributed by atoms with Gasteiger partial charge in [0.2, 0.25) is 5.75 Å². The van der Waals surface area contributed by atoms with Gasteiger partial charge in [-0.15, -0.1) is 0 Å². The van der Waals surface area contributed by atoms with Gasteiger partial charge in [-0.1, -0.05) is 36.4 Å². The molecule has 2 heterocycles. The second-order valence-electron chi connectivity index (χ2n) is 8.01. The Kier molecular flexibility index (Phi) is 5.56. The maximum absolute atomic E-state index is 13.1. The largest absolute Gasteiger partial charge is 0.507 e. The third-order valence-corrected chi connectivity index (χ3v) is 6.09. The summed E-state index contributed by atoms with van der Waals surface area (Å²) >= 11 is 0. The fraction of sp³-hybridized carbons (Fsp3) is 0.185. The number of esters is 1. The van der Waals surface area contributed by atoms with Gasteiger partial charge >= 0.3 is 5.97 Å². The summed E-state index contributed by atoms with van der Waals surface area (Å²) in [5, 5.41) is 10.7. The van der Waals surface area contributed by atoms with Crippen molar-refractivity contribution < 1.29 is 33.3 Å². The number of methoxy groups -OCH3 is 3. The van der Waals surface area contributed by atoms with Gasteiger partial charge in [-0.3, -0.25) is 9.59 Å². The lowest BCUT2D eigenvalue weighted by molar-refractivity contribution is -0.135. The van der Waals surface area contributed by atoms with Gasteiger partial charge in [0, 0.05) is 34.7 Å². The number of rotatable bonds is 5. The Morgan fingerprint density at radius 3 is 2.34 bits per heavy atom. The minimum Gasteiger partial charge on any atom is -0.507 e. The summed E-state index contributed by atoms with van der Waals surface area (Å²) in [6.07, 6.45) is -0.0437. The Bertz CT molecular complexity index is 1500. The smallest absolute Gasteiger partial charge is 0.312 e.